The zero-order chi connectivity index (χ0) is 19.1. The second-order valence-corrected chi connectivity index (χ2v) is 5.17. The van der Waals surface area contributed by atoms with E-state index < -0.39 is 19.1 Å². The molecule has 1 aromatic rings. The first-order valence-corrected chi connectivity index (χ1v) is 7.08. The predicted molar refractivity (Wildman–Crippen MR) is 80.0 cm³/mol. The minimum atomic E-state index is -4.76. The summed E-state index contributed by atoms with van der Waals surface area (Å²) in [5.74, 6) is -0.324. The highest BCUT2D eigenvalue weighted by Gasteiger charge is 2.31. The molecule has 11 heteroatoms. The maximum Gasteiger partial charge on any atom is 0.573 e. The normalized spacial score (nSPS) is 13.2. The van der Waals surface area contributed by atoms with Gasteiger partial charge in [0, 0.05) is 13.1 Å². The topological polar surface area (TPSA) is 62.9 Å². The summed E-state index contributed by atoms with van der Waals surface area (Å²) in [6.45, 7) is -0.652. The van der Waals surface area contributed by atoms with Gasteiger partial charge in [0.25, 0.3) is 0 Å². The molecule has 25 heavy (non-hydrogen) atoms. The SMILES string of the molecule is CN(CCNC(N)=NCc1ccc(OC(F)(F)F)cc1)CC(F)(F)F. The number of ether oxygens (including phenoxy) is 1. The lowest BCUT2D eigenvalue weighted by molar-refractivity contribution is -0.274. The van der Waals surface area contributed by atoms with Crippen molar-refractivity contribution in [3.05, 3.63) is 29.8 Å². The smallest absolute Gasteiger partial charge is 0.406 e. The monoisotopic (exact) mass is 372 g/mol. The van der Waals surface area contributed by atoms with E-state index in [0.29, 0.717) is 5.56 Å². The van der Waals surface area contributed by atoms with Crippen LogP contribution in [0.5, 0.6) is 5.75 Å². The molecule has 1 aromatic carbocycles. The van der Waals surface area contributed by atoms with Crippen molar-refractivity contribution >= 4 is 5.96 Å². The van der Waals surface area contributed by atoms with Crippen LogP contribution in [0.3, 0.4) is 0 Å². The fraction of sp³-hybridized carbons (Fsp3) is 0.500. The molecule has 0 bridgehead atoms. The molecular formula is C14H18F6N4O. The lowest BCUT2D eigenvalue weighted by atomic mass is 10.2. The van der Waals surface area contributed by atoms with E-state index in [1.54, 1.807) is 0 Å². The van der Waals surface area contributed by atoms with E-state index in [2.05, 4.69) is 15.0 Å². The van der Waals surface area contributed by atoms with Crippen molar-refractivity contribution in [2.75, 3.05) is 26.7 Å². The second kappa shape index (κ2) is 8.79. The molecule has 0 aliphatic rings. The maximum absolute atomic E-state index is 12.1. The van der Waals surface area contributed by atoms with Crippen LogP contribution in [0.25, 0.3) is 0 Å². The Morgan fingerprint density at radius 2 is 1.76 bits per heavy atom. The molecule has 5 nitrogen and oxygen atoms in total. The van der Waals surface area contributed by atoms with Crippen molar-refractivity contribution in [2.24, 2.45) is 10.7 Å². The second-order valence-electron chi connectivity index (χ2n) is 5.17. The maximum atomic E-state index is 12.1. The van der Waals surface area contributed by atoms with Crippen LogP contribution in [-0.4, -0.2) is 50.1 Å². The number of hydrogen-bond donors (Lipinski definition) is 2. The van der Waals surface area contributed by atoms with Crippen LogP contribution in [0.2, 0.25) is 0 Å². The zero-order valence-corrected chi connectivity index (χ0v) is 13.3. The highest BCUT2D eigenvalue weighted by atomic mass is 19.4. The summed E-state index contributed by atoms with van der Waals surface area (Å²) < 4.78 is 76.2. The lowest BCUT2D eigenvalue weighted by Crippen LogP contribution is -2.40. The van der Waals surface area contributed by atoms with Crippen LogP contribution < -0.4 is 15.8 Å². The van der Waals surface area contributed by atoms with Crippen molar-refractivity contribution in [2.45, 2.75) is 19.1 Å². The standard InChI is InChI=1S/C14H18F6N4O/c1-24(9-13(15,16)17)7-6-22-12(21)23-8-10-2-4-11(5-3-10)25-14(18,19)20/h2-5H,6-9H2,1H3,(H3,21,22,23). The van der Waals surface area contributed by atoms with Gasteiger partial charge in [-0.2, -0.15) is 13.2 Å². The van der Waals surface area contributed by atoms with E-state index in [-0.39, 0.29) is 31.3 Å². The van der Waals surface area contributed by atoms with Crippen LogP contribution in [0, 0.1) is 0 Å². The predicted octanol–water partition coefficient (Wildman–Crippen LogP) is 2.48. The lowest BCUT2D eigenvalue weighted by Gasteiger charge is -2.18. The number of aliphatic imine (C=N–C) groups is 1. The number of rotatable bonds is 7. The van der Waals surface area contributed by atoms with Gasteiger partial charge in [0.1, 0.15) is 5.75 Å². The zero-order valence-electron chi connectivity index (χ0n) is 13.3. The molecule has 0 saturated carbocycles. The van der Waals surface area contributed by atoms with Gasteiger partial charge in [-0.05, 0) is 24.7 Å². The number of nitrogens with zero attached hydrogens (tertiary/aromatic N) is 2. The van der Waals surface area contributed by atoms with Crippen molar-refractivity contribution < 1.29 is 31.1 Å². The van der Waals surface area contributed by atoms with E-state index in [9.17, 15) is 26.3 Å². The van der Waals surface area contributed by atoms with Crippen molar-refractivity contribution in [3.63, 3.8) is 0 Å². The number of guanidine groups is 1. The van der Waals surface area contributed by atoms with Gasteiger partial charge in [-0.15, -0.1) is 13.2 Å². The fourth-order valence-corrected chi connectivity index (χ4v) is 1.79. The molecule has 0 aliphatic carbocycles. The third-order valence-corrected chi connectivity index (χ3v) is 2.84. The molecule has 0 atom stereocenters. The number of nitrogens with two attached hydrogens (primary N) is 1. The van der Waals surface area contributed by atoms with Crippen LogP contribution in [0.1, 0.15) is 5.56 Å². The van der Waals surface area contributed by atoms with Crippen LogP contribution in [-0.2, 0) is 6.54 Å². The van der Waals surface area contributed by atoms with Gasteiger partial charge in [-0.1, -0.05) is 12.1 Å². The Morgan fingerprint density at radius 1 is 1.16 bits per heavy atom. The first-order valence-electron chi connectivity index (χ1n) is 7.08. The van der Waals surface area contributed by atoms with Gasteiger partial charge in [-0.25, -0.2) is 4.99 Å². The molecule has 0 spiro atoms. The molecule has 0 amide bonds. The Hall–Kier alpha value is -2.17. The summed E-state index contributed by atoms with van der Waals surface area (Å²) in [6.07, 6.45) is -9.02. The molecule has 142 valence electrons. The Kier molecular flexibility index (Phi) is 7.34. The van der Waals surface area contributed by atoms with Gasteiger partial charge < -0.3 is 15.8 Å². The molecule has 0 unspecified atom stereocenters. The summed E-state index contributed by atoms with van der Waals surface area (Å²) in [6, 6.07) is 5.09. The van der Waals surface area contributed by atoms with E-state index in [4.69, 9.17) is 5.73 Å². The van der Waals surface area contributed by atoms with Crippen LogP contribution in [0.15, 0.2) is 29.3 Å². The number of alkyl halides is 6. The Morgan fingerprint density at radius 3 is 2.28 bits per heavy atom. The summed E-state index contributed by atoms with van der Waals surface area (Å²) in [4.78, 5) is 5.03. The van der Waals surface area contributed by atoms with Gasteiger partial charge >= 0.3 is 12.5 Å². The van der Waals surface area contributed by atoms with Gasteiger partial charge in [-0.3, -0.25) is 4.90 Å². The van der Waals surface area contributed by atoms with Crippen LogP contribution >= 0.6 is 0 Å². The Balaban J connectivity index is 2.37. The first kappa shape index (κ1) is 20.9. The molecule has 0 aliphatic heterocycles. The Labute approximate surface area is 140 Å². The molecule has 0 heterocycles. The molecule has 0 aromatic heterocycles. The third-order valence-electron chi connectivity index (χ3n) is 2.84. The molecular weight excluding hydrogens is 354 g/mol. The minimum absolute atomic E-state index is 0.0241. The minimum Gasteiger partial charge on any atom is -0.406 e. The number of benzene rings is 1. The summed E-state index contributed by atoms with van der Waals surface area (Å²) >= 11 is 0. The van der Waals surface area contributed by atoms with Crippen molar-refractivity contribution in [3.8, 4) is 5.75 Å². The highest BCUT2D eigenvalue weighted by Crippen LogP contribution is 2.22. The van der Waals surface area contributed by atoms with E-state index >= 15 is 0 Å². The van der Waals surface area contributed by atoms with Crippen molar-refractivity contribution in [1.29, 1.82) is 0 Å². The quantitative estimate of drug-likeness (QED) is 0.439. The van der Waals surface area contributed by atoms with E-state index in [1.807, 2.05) is 0 Å². The number of halogens is 6. The number of hydrogen-bond acceptors (Lipinski definition) is 3. The number of likely N-dealkylation sites (N-methyl/N-ethyl adjacent to an activating group) is 1. The van der Waals surface area contributed by atoms with E-state index in [0.717, 1.165) is 17.0 Å². The molecule has 1 rings (SSSR count). The van der Waals surface area contributed by atoms with Gasteiger partial charge in [0.2, 0.25) is 0 Å². The van der Waals surface area contributed by atoms with Gasteiger partial charge in [0.15, 0.2) is 5.96 Å². The largest absolute Gasteiger partial charge is 0.573 e. The van der Waals surface area contributed by atoms with Crippen LogP contribution in [0.4, 0.5) is 26.3 Å². The summed E-state index contributed by atoms with van der Waals surface area (Å²) in [5.41, 5.74) is 6.16. The molecule has 0 fully saturated rings. The molecule has 0 saturated heterocycles. The van der Waals surface area contributed by atoms with Gasteiger partial charge in [0.05, 0.1) is 13.1 Å². The number of nitrogens with one attached hydrogen (secondary N) is 1. The fourth-order valence-electron chi connectivity index (χ4n) is 1.79. The summed E-state index contributed by atoms with van der Waals surface area (Å²) in [5, 5.41) is 2.66. The molecule has 3 N–H and O–H groups in total. The summed E-state index contributed by atoms with van der Waals surface area (Å²) in [7, 11) is 1.33. The average molecular weight is 372 g/mol. The molecule has 0 radical (unpaired) electrons. The highest BCUT2D eigenvalue weighted by molar-refractivity contribution is 5.77. The Bertz CT molecular complexity index is 556. The first-order chi connectivity index (χ1) is 11.4. The third kappa shape index (κ3) is 10.3. The van der Waals surface area contributed by atoms with E-state index in [1.165, 1.54) is 19.2 Å². The average Bonchev–Trinajstić information content (AvgIpc) is 2.43. The van der Waals surface area contributed by atoms with Crippen molar-refractivity contribution in [1.82, 2.24) is 10.2 Å².